The van der Waals surface area contributed by atoms with Crippen LogP contribution in [0.1, 0.15) is 32.8 Å². The number of rotatable bonds is 7. The molecule has 0 unspecified atom stereocenters. The predicted molar refractivity (Wildman–Crippen MR) is 121 cm³/mol. The molecule has 0 aliphatic rings. The summed E-state index contributed by atoms with van der Waals surface area (Å²) < 4.78 is 5.10. The number of carbonyl (C=O) groups is 1. The normalized spacial score (nSPS) is 11.2. The number of amides is 1. The zero-order valence-electron chi connectivity index (χ0n) is 17.7. The van der Waals surface area contributed by atoms with E-state index in [1.165, 1.54) is 23.0 Å². The molecule has 2 aromatic carbocycles. The van der Waals surface area contributed by atoms with Crippen molar-refractivity contribution in [2.75, 3.05) is 18.9 Å². The highest BCUT2D eigenvalue weighted by molar-refractivity contribution is 6.02. The highest BCUT2D eigenvalue weighted by atomic mass is 16.3. The lowest BCUT2D eigenvalue weighted by molar-refractivity contribution is 0.0996. The molecule has 3 N–H and O–H groups in total. The molecule has 30 heavy (non-hydrogen) atoms. The van der Waals surface area contributed by atoms with Gasteiger partial charge in [-0.3, -0.25) is 9.79 Å². The Labute approximate surface area is 177 Å². The smallest absolute Gasteiger partial charge is 0.291 e. The fourth-order valence-electron chi connectivity index (χ4n) is 3.25. The van der Waals surface area contributed by atoms with Gasteiger partial charge in [0.15, 0.2) is 11.7 Å². The molecular weight excluding hydrogens is 376 g/mol. The topological polar surface area (TPSA) is 78.7 Å². The SMILES string of the molecule is CN=C(NCCc1cc(C)cc(C)c1)NCc1ccc(NC(=O)c2ccco2)cc1. The number of anilines is 1. The van der Waals surface area contributed by atoms with Gasteiger partial charge in [0, 0.05) is 25.8 Å². The number of benzene rings is 2. The molecular formula is C24H28N4O2. The van der Waals surface area contributed by atoms with Crippen LogP contribution in [0.5, 0.6) is 0 Å². The van der Waals surface area contributed by atoms with Gasteiger partial charge in [0.25, 0.3) is 5.91 Å². The second-order valence-electron chi connectivity index (χ2n) is 7.23. The van der Waals surface area contributed by atoms with Gasteiger partial charge in [0.2, 0.25) is 0 Å². The van der Waals surface area contributed by atoms with Crippen LogP contribution >= 0.6 is 0 Å². The van der Waals surface area contributed by atoms with Gasteiger partial charge >= 0.3 is 0 Å². The quantitative estimate of drug-likeness (QED) is 0.410. The Bertz CT molecular complexity index is 972. The van der Waals surface area contributed by atoms with E-state index in [0.717, 1.165) is 30.2 Å². The van der Waals surface area contributed by atoms with Gasteiger partial charge in [-0.05, 0) is 55.7 Å². The van der Waals surface area contributed by atoms with Crippen molar-refractivity contribution in [1.29, 1.82) is 0 Å². The van der Waals surface area contributed by atoms with E-state index in [9.17, 15) is 4.79 Å². The first-order chi connectivity index (χ1) is 14.5. The first-order valence-electron chi connectivity index (χ1n) is 9.99. The number of hydrogen-bond acceptors (Lipinski definition) is 3. The fourth-order valence-corrected chi connectivity index (χ4v) is 3.25. The Kier molecular flexibility index (Phi) is 7.27. The third-order valence-electron chi connectivity index (χ3n) is 4.63. The van der Waals surface area contributed by atoms with Gasteiger partial charge in [0.1, 0.15) is 0 Å². The summed E-state index contributed by atoms with van der Waals surface area (Å²) in [5.41, 5.74) is 5.70. The number of aryl methyl sites for hydroxylation is 2. The standard InChI is InChI=1S/C24H28N4O2/c1-17-13-18(2)15-20(14-17)10-11-26-24(25-3)27-16-19-6-8-21(9-7-19)28-23(29)22-5-4-12-30-22/h4-9,12-15H,10-11,16H2,1-3H3,(H,28,29)(H2,25,26,27). The molecule has 0 atom stereocenters. The number of carbonyl (C=O) groups excluding carboxylic acids is 1. The minimum absolute atomic E-state index is 0.265. The highest BCUT2D eigenvalue weighted by Crippen LogP contribution is 2.12. The summed E-state index contributed by atoms with van der Waals surface area (Å²) >= 11 is 0. The van der Waals surface area contributed by atoms with Crippen molar-refractivity contribution in [3.05, 3.63) is 88.9 Å². The predicted octanol–water partition coefficient (Wildman–Crippen LogP) is 4.06. The monoisotopic (exact) mass is 404 g/mol. The number of furan rings is 1. The first kappa shape index (κ1) is 21.2. The van der Waals surface area contributed by atoms with Crippen molar-refractivity contribution in [3.8, 4) is 0 Å². The molecule has 0 saturated heterocycles. The van der Waals surface area contributed by atoms with Crippen molar-refractivity contribution < 1.29 is 9.21 Å². The van der Waals surface area contributed by atoms with E-state index in [-0.39, 0.29) is 11.7 Å². The molecule has 6 heteroatoms. The van der Waals surface area contributed by atoms with Gasteiger partial charge < -0.3 is 20.4 Å². The van der Waals surface area contributed by atoms with E-state index in [0.29, 0.717) is 6.54 Å². The summed E-state index contributed by atoms with van der Waals surface area (Å²) in [6, 6.07) is 17.6. The molecule has 0 radical (unpaired) electrons. The average molecular weight is 405 g/mol. The maximum Gasteiger partial charge on any atom is 0.291 e. The van der Waals surface area contributed by atoms with Crippen LogP contribution in [0.3, 0.4) is 0 Å². The van der Waals surface area contributed by atoms with Crippen molar-refractivity contribution in [2.45, 2.75) is 26.8 Å². The molecule has 0 aliphatic carbocycles. The van der Waals surface area contributed by atoms with Crippen molar-refractivity contribution in [1.82, 2.24) is 10.6 Å². The number of nitrogens with zero attached hydrogens (tertiary/aromatic N) is 1. The second kappa shape index (κ2) is 10.3. The van der Waals surface area contributed by atoms with Crippen LogP contribution in [0.4, 0.5) is 5.69 Å². The van der Waals surface area contributed by atoms with Gasteiger partial charge in [-0.15, -0.1) is 0 Å². The molecule has 1 aromatic heterocycles. The molecule has 0 fully saturated rings. The van der Waals surface area contributed by atoms with Crippen LogP contribution < -0.4 is 16.0 Å². The summed E-state index contributed by atoms with van der Waals surface area (Å²) in [6.07, 6.45) is 2.42. The zero-order chi connectivity index (χ0) is 21.3. The van der Waals surface area contributed by atoms with E-state index in [1.807, 2.05) is 24.3 Å². The van der Waals surface area contributed by atoms with Gasteiger partial charge in [-0.2, -0.15) is 0 Å². The Hall–Kier alpha value is -3.54. The Morgan fingerprint density at radius 3 is 2.33 bits per heavy atom. The minimum atomic E-state index is -0.265. The second-order valence-corrected chi connectivity index (χ2v) is 7.23. The van der Waals surface area contributed by atoms with Gasteiger partial charge in [-0.1, -0.05) is 41.5 Å². The average Bonchev–Trinajstić information content (AvgIpc) is 3.26. The summed E-state index contributed by atoms with van der Waals surface area (Å²) in [6.45, 7) is 5.69. The summed E-state index contributed by atoms with van der Waals surface area (Å²) in [7, 11) is 1.76. The summed E-state index contributed by atoms with van der Waals surface area (Å²) in [5, 5.41) is 9.48. The third-order valence-corrected chi connectivity index (χ3v) is 4.63. The highest BCUT2D eigenvalue weighted by Gasteiger charge is 2.08. The number of guanidine groups is 1. The van der Waals surface area contributed by atoms with Gasteiger partial charge in [0.05, 0.1) is 6.26 Å². The summed E-state index contributed by atoms with van der Waals surface area (Å²) in [4.78, 5) is 16.3. The lowest BCUT2D eigenvalue weighted by atomic mass is 10.1. The van der Waals surface area contributed by atoms with Crippen molar-refractivity contribution >= 4 is 17.6 Å². The van der Waals surface area contributed by atoms with Crippen molar-refractivity contribution in [2.24, 2.45) is 4.99 Å². The molecule has 0 bridgehead atoms. The molecule has 3 aromatic rings. The van der Waals surface area contributed by atoms with Crippen molar-refractivity contribution in [3.63, 3.8) is 0 Å². The largest absolute Gasteiger partial charge is 0.459 e. The third kappa shape index (κ3) is 6.24. The lowest BCUT2D eigenvalue weighted by Crippen LogP contribution is -2.37. The van der Waals surface area contributed by atoms with E-state index in [4.69, 9.17) is 4.42 Å². The number of hydrogen-bond donors (Lipinski definition) is 3. The Balaban J connectivity index is 1.44. The molecule has 0 saturated carbocycles. The molecule has 0 spiro atoms. The minimum Gasteiger partial charge on any atom is -0.459 e. The summed E-state index contributed by atoms with van der Waals surface area (Å²) in [5.74, 6) is 0.783. The van der Waals surface area contributed by atoms with E-state index >= 15 is 0 Å². The van der Waals surface area contributed by atoms with Crippen LogP contribution in [0.2, 0.25) is 0 Å². The fraction of sp³-hybridized carbons (Fsp3) is 0.250. The Morgan fingerprint density at radius 2 is 1.70 bits per heavy atom. The molecule has 1 heterocycles. The van der Waals surface area contributed by atoms with Gasteiger partial charge in [-0.25, -0.2) is 0 Å². The zero-order valence-corrected chi connectivity index (χ0v) is 17.7. The number of aliphatic imine (C=N–C) groups is 1. The van der Waals surface area contributed by atoms with Crippen LogP contribution in [0, 0.1) is 13.8 Å². The van der Waals surface area contributed by atoms with E-state index in [2.05, 4.69) is 53.0 Å². The molecule has 6 nitrogen and oxygen atoms in total. The van der Waals surface area contributed by atoms with E-state index in [1.54, 1.807) is 19.2 Å². The number of nitrogens with one attached hydrogen (secondary N) is 3. The maximum atomic E-state index is 12.0. The van der Waals surface area contributed by atoms with E-state index < -0.39 is 0 Å². The van der Waals surface area contributed by atoms with Crippen LogP contribution in [-0.2, 0) is 13.0 Å². The van der Waals surface area contributed by atoms with Crippen LogP contribution in [0.15, 0.2) is 70.3 Å². The molecule has 0 aliphatic heterocycles. The maximum absolute atomic E-state index is 12.0. The van der Waals surface area contributed by atoms with Crippen LogP contribution in [-0.4, -0.2) is 25.5 Å². The Morgan fingerprint density at radius 1 is 0.967 bits per heavy atom. The lowest BCUT2D eigenvalue weighted by Gasteiger charge is -2.13. The molecule has 156 valence electrons. The van der Waals surface area contributed by atoms with Crippen LogP contribution in [0.25, 0.3) is 0 Å². The molecule has 3 rings (SSSR count). The first-order valence-corrected chi connectivity index (χ1v) is 9.99. The molecule has 1 amide bonds.